The first kappa shape index (κ1) is 13.1. The number of aromatic nitrogens is 1. The molecule has 1 aromatic heterocycles. The molecule has 1 aromatic carbocycles. The van der Waals surface area contributed by atoms with Crippen LogP contribution in [0.3, 0.4) is 0 Å². The van der Waals surface area contributed by atoms with Crippen molar-refractivity contribution in [3.05, 3.63) is 46.3 Å². The number of benzene rings is 1. The van der Waals surface area contributed by atoms with Crippen molar-refractivity contribution in [1.82, 2.24) is 10.6 Å². The van der Waals surface area contributed by atoms with E-state index in [9.17, 15) is 4.79 Å². The van der Waals surface area contributed by atoms with Crippen molar-refractivity contribution >= 4 is 33.6 Å². The van der Waals surface area contributed by atoms with Crippen LogP contribution >= 0.6 is 27.7 Å². The van der Waals surface area contributed by atoms with Crippen LogP contribution in [0, 0.1) is 0 Å². The Labute approximate surface area is 116 Å². The maximum Gasteiger partial charge on any atom is 0.296 e. The van der Waals surface area contributed by atoms with Gasteiger partial charge < -0.3 is 4.52 Å². The topological polar surface area (TPSA) is 75.4 Å². The van der Waals surface area contributed by atoms with Gasteiger partial charge in [-0.25, -0.2) is 5.48 Å². The molecule has 1 heterocycles. The van der Waals surface area contributed by atoms with Crippen molar-refractivity contribution in [1.29, 1.82) is 0 Å². The Bertz CT molecular complexity index is 559. The Balaban J connectivity index is 1.98. The highest BCUT2D eigenvalue weighted by molar-refractivity contribution is 9.10. The third-order valence-electron chi connectivity index (χ3n) is 2.07. The summed E-state index contributed by atoms with van der Waals surface area (Å²) in [5, 5.41) is 12.0. The van der Waals surface area contributed by atoms with Crippen LogP contribution in [-0.2, 0) is 5.75 Å². The Hall–Kier alpha value is -1.31. The number of nitrogens with zero attached hydrogens (tertiary/aromatic N) is 1. The number of halogens is 1. The molecule has 0 radical (unpaired) electrons. The summed E-state index contributed by atoms with van der Waals surface area (Å²) >= 11 is 4.95. The number of nitrogens with one attached hydrogen (secondary N) is 1. The Morgan fingerprint density at radius 3 is 3.06 bits per heavy atom. The van der Waals surface area contributed by atoms with Crippen LogP contribution in [0.15, 0.2) is 44.2 Å². The average Bonchev–Trinajstić information content (AvgIpc) is 2.84. The van der Waals surface area contributed by atoms with Crippen molar-refractivity contribution in [3.8, 4) is 0 Å². The molecule has 1 amide bonds. The lowest BCUT2D eigenvalue weighted by molar-refractivity contribution is 0.0696. The highest BCUT2D eigenvalue weighted by atomic mass is 79.9. The van der Waals surface area contributed by atoms with Crippen molar-refractivity contribution < 1.29 is 14.5 Å². The second-order valence-electron chi connectivity index (χ2n) is 3.37. The second kappa shape index (κ2) is 6.03. The molecule has 7 heteroatoms. The van der Waals surface area contributed by atoms with Crippen molar-refractivity contribution in [2.45, 2.75) is 10.6 Å². The number of carbonyl (C=O) groups is 1. The zero-order valence-corrected chi connectivity index (χ0v) is 11.5. The van der Waals surface area contributed by atoms with Crippen molar-refractivity contribution in [2.75, 3.05) is 0 Å². The summed E-state index contributed by atoms with van der Waals surface area (Å²) in [6.07, 6.45) is 0. The van der Waals surface area contributed by atoms with E-state index in [1.807, 2.05) is 24.3 Å². The number of carbonyl (C=O) groups excluding carboxylic acids is 1. The van der Waals surface area contributed by atoms with Gasteiger partial charge in [-0.15, -0.1) is 11.8 Å². The Kier molecular flexibility index (Phi) is 4.40. The molecule has 0 aliphatic carbocycles. The highest BCUT2D eigenvalue weighted by Gasteiger charge is 2.11. The van der Waals surface area contributed by atoms with Crippen LogP contribution in [0.4, 0.5) is 0 Å². The number of rotatable bonds is 4. The zero-order valence-electron chi connectivity index (χ0n) is 9.09. The first-order valence-electron chi connectivity index (χ1n) is 4.97. The van der Waals surface area contributed by atoms with E-state index in [0.717, 1.165) is 9.37 Å². The normalized spacial score (nSPS) is 10.3. The van der Waals surface area contributed by atoms with Gasteiger partial charge >= 0.3 is 0 Å². The van der Waals surface area contributed by atoms with E-state index in [1.54, 1.807) is 11.8 Å². The number of amides is 1. The smallest absolute Gasteiger partial charge is 0.296 e. The van der Waals surface area contributed by atoms with Gasteiger partial charge in [0.2, 0.25) is 0 Å². The zero-order chi connectivity index (χ0) is 13.0. The maximum atomic E-state index is 11.0. The minimum Gasteiger partial charge on any atom is -0.360 e. The van der Waals surface area contributed by atoms with E-state index in [2.05, 4.69) is 21.1 Å². The molecule has 94 valence electrons. The summed E-state index contributed by atoms with van der Waals surface area (Å²) in [5.41, 5.74) is 1.56. The highest BCUT2D eigenvalue weighted by Crippen LogP contribution is 2.25. The first-order chi connectivity index (χ1) is 8.69. The SMILES string of the molecule is O=C(NO)c1cc(CSc2cccc(Br)c2)on1. The molecule has 0 atom stereocenters. The second-order valence-corrected chi connectivity index (χ2v) is 5.33. The van der Waals surface area contributed by atoms with Gasteiger partial charge in [-0.05, 0) is 18.2 Å². The van der Waals surface area contributed by atoms with Crippen LogP contribution in [0.2, 0.25) is 0 Å². The van der Waals surface area contributed by atoms with Gasteiger partial charge in [-0.1, -0.05) is 27.2 Å². The first-order valence-corrected chi connectivity index (χ1v) is 6.75. The summed E-state index contributed by atoms with van der Waals surface area (Å²) in [6, 6.07) is 9.35. The van der Waals surface area contributed by atoms with E-state index < -0.39 is 5.91 Å². The van der Waals surface area contributed by atoms with Gasteiger partial charge in [0, 0.05) is 15.4 Å². The summed E-state index contributed by atoms with van der Waals surface area (Å²) in [6.45, 7) is 0. The van der Waals surface area contributed by atoms with Crippen molar-refractivity contribution in [2.24, 2.45) is 0 Å². The van der Waals surface area contributed by atoms with E-state index in [-0.39, 0.29) is 5.69 Å². The molecule has 2 aromatic rings. The third kappa shape index (κ3) is 3.34. The molecule has 0 aliphatic rings. The molecular formula is C11H9BrN2O3S. The van der Waals surface area contributed by atoms with Crippen molar-refractivity contribution in [3.63, 3.8) is 0 Å². The molecule has 0 saturated carbocycles. The molecule has 5 nitrogen and oxygen atoms in total. The summed E-state index contributed by atoms with van der Waals surface area (Å²) in [5.74, 6) is 0.443. The molecule has 2 N–H and O–H groups in total. The van der Waals surface area contributed by atoms with Crippen LogP contribution in [0.5, 0.6) is 0 Å². The van der Waals surface area contributed by atoms with E-state index >= 15 is 0 Å². The monoisotopic (exact) mass is 328 g/mol. The van der Waals surface area contributed by atoms with Gasteiger partial charge in [0.25, 0.3) is 5.91 Å². The molecule has 0 spiro atoms. The lowest BCUT2D eigenvalue weighted by Gasteiger charge is -1.98. The van der Waals surface area contributed by atoms with Gasteiger partial charge in [0.05, 0.1) is 5.75 Å². The predicted molar refractivity (Wildman–Crippen MR) is 69.5 cm³/mol. The van der Waals surface area contributed by atoms with Crippen LogP contribution in [0.25, 0.3) is 0 Å². The fourth-order valence-corrected chi connectivity index (χ4v) is 2.64. The Morgan fingerprint density at radius 1 is 1.50 bits per heavy atom. The largest absolute Gasteiger partial charge is 0.360 e. The Morgan fingerprint density at radius 2 is 2.33 bits per heavy atom. The van der Waals surface area contributed by atoms with Gasteiger partial charge in [-0.2, -0.15) is 0 Å². The van der Waals surface area contributed by atoms with E-state index in [1.165, 1.54) is 11.5 Å². The molecule has 2 rings (SSSR count). The van der Waals surface area contributed by atoms with Crippen LogP contribution in [-0.4, -0.2) is 16.3 Å². The summed E-state index contributed by atoms with van der Waals surface area (Å²) < 4.78 is 5.99. The van der Waals surface area contributed by atoms with E-state index in [4.69, 9.17) is 9.73 Å². The lowest BCUT2D eigenvalue weighted by atomic mass is 10.4. The lowest BCUT2D eigenvalue weighted by Crippen LogP contribution is -2.18. The molecule has 0 saturated heterocycles. The third-order valence-corrected chi connectivity index (χ3v) is 3.58. The van der Waals surface area contributed by atoms with Crippen LogP contribution in [0.1, 0.15) is 16.2 Å². The summed E-state index contributed by atoms with van der Waals surface area (Å²) in [4.78, 5) is 12.1. The maximum absolute atomic E-state index is 11.0. The predicted octanol–water partition coefficient (Wildman–Crippen LogP) is 2.85. The molecule has 0 fully saturated rings. The summed E-state index contributed by atoms with van der Waals surface area (Å²) in [7, 11) is 0. The average molecular weight is 329 g/mol. The minimum absolute atomic E-state index is 0.0577. The van der Waals surface area contributed by atoms with Gasteiger partial charge in [0.1, 0.15) is 5.76 Å². The number of thioether (sulfide) groups is 1. The minimum atomic E-state index is -0.683. The molecule has 0 aliphatic heterocycles. The van der Waals surface area contributed by atoms with E-state index in [0.29, 0.717) is 11.5 Å². The van der Waals surface area contributed by atoms with Gasteiger partial charge in [-0.3, -0.25) is 10.0 Å². The van der Waals surface area contributed by atoms with Crippen LogP contribution < -0.4 is 5.48 Å². The number of hydrogen-bond acceptors (Lipinski definition) is 5. The number of hydrogen-bond donors (Lipinski definition) is 2. The molecule has 0 unspecified atom stereocenters. The number of hydroxylamine groups is 1. The quantitative estimate of drug-likeness (QED) is 0.512. The standard InChI is InChI=1S/C11H9BrN2O3S/c12-7-2-1-3-9(4-7)18-6-8-5-10(14-17-8)11(15)13-16/h1-5,16H,6H2,(H,13,15). The molecule has 0 bridgehead atoms. The fraction of sp³-hybridized carbons (Fsp3) is 0.0909. The molecule has 18 heavy (non-hydrogen) atoms. The van der Waals surface area contributed by atoms with Gasteiger partial charge in [0.15, 0.2) is 5.69 Å². The fourth-order valence-electron chi connectivity index (χ4n) is 1.26. The molecular weight excluding hydrogens is 320 g/mol.